The van der Waals surface area contributed by atoms with E-state index >= 15 is 0 Å². The normalized spacial score (nSPS) is 12.2. The minimum atomic E-state index is -2.36. The van der Waals surface area contributed by atoms with Crippen LogP contribution in [0.25, 0.3) is 0 Å². The van der Waals surface area contributed by atoms with E-state index in [1.54, 1.807) is 6.92 Å². The molecule has 0 unspecified atom stereocenters. The van der Waals surface area contributed by atoms with E-state index in [-0.39, 0.29) is 5.97 Å². The molecule has 0 saturated heterocycles. The lowest BCUT2D eigenvalue weighted by atomic mass is 10.2. The van der Waals surface area contributed by atoms with E-state index < -0.39 is 5.69 Å². The largest absolute Gasteiger partial charge is 0.466 e. The summed E-state index contributed by atoms with van der Waals surface area (Å²) in [6.45, 7) is 11.7. The van der Waals surface area contributed by atoms with Gasteiger partial charge in [0, 0.05) is 5.75 Å². The molecule has 0 atom stereocenters. The Bertz CT molecular complexity index is 305. The highest BCUT2D eigenvalue weighted by molar-refractivity contribution is 8.67. The second kappa shape index (κ2) is 11.0. The number of hydrogen-bond acceptors (Lipinski definition) is 6. The monoisotopic (exact) mass is 342 g/mol. The number of rotatable bonds is 11. The van der Waals surface area contributed by atoms with Gasteiger partial charge in [-0.1, -0.05) is 39.1 Å². The second-order valence-corrected chi connectivity index (χ2v) is 11.6. The summed E-state index contributed by atoms with van der Waals surface area (Å²) in [6.07, 6.45) is 0.340. The topological polar surface area (TPSA) is 44.8 Å². The minimum Gasteiger partial charge on any atom is -0.466 e. The Kier molecular flexibility index (Phi) is 11.2. The summed E-state index contributed by atoms with van der Waals surface area (Å²) in [5.41, 5.74) is -2.36. The van der Waals surface area contributed by atoms with Crippen molar-refractivity contribution in [1.82, 2.24) is 0 Å². The Labute approximate surface area is 132 Å². The van der Waals surface area contributed by atoms with Crippen LogP contribution in [0, 0.1) is 11.8 Å². The molecule has 20 heavy (non-hydrogen) atoms. The molecule has 0 aliphatic carbocycles. The zero-order chi connectivity index (χ0) is 15.6. The fourth-order valence-electron chi connectivity index (χ4n) is 1.07. The molecule has 0 aliphatic heterocycles. The first kappa shape index (κ1) is 20.4. The summed E-state index contributed by atoms with van der Waals surface area (Å²) in [4.78, 5) is 11.3. The summed E-state index contributed by atoms with van der Waals surface area (Å²) in [5.74, 6) is 1.19. The smallest absolute Gasteiger partial charge is 0.306 e. The van der Waals surface area contributed by atoms with Crippen molar-refractivity contribution >= 4 is 34.9 Å². The molecule has 0 bridgehead atoms. The summed E-state index contributed by atoms with van der Waals surface area (Å²) in [7, 11) is 0. The molecule has 0 spiro atoms. The van der Waals surface area contributed by atoms with Crippen LogP contribution in [0.2, 0.25) is 0 Å². The van der Waals surface area contributed by atoms with E-state index in [1.807, 2.05) is 0 Å². The predicted molar refractivity (Wildman–Crippen MR) is 89.6 cm³/mol. The van der Waals surface area contributed by atoms with Gasteiger partial charge in [0.15, 0.2) is 0 Å². The standard InChI is InChI=1S/C13H27O4PS2/c1-6-15-13(14)7-8-20-18(19,16-9-11(2)3)17-10-12(4)5/h11-12H,6-10H2,1-5H3. The van der Waals surface area contributed by atoms with Crippen molar-refractivity contribution in [2.24, 2.45) is 11.8 Å². The van der Waals surface area contributed by atoms with E-state index in [4.69, 9.17) is 25.6 Å². The van der Waals surface area contributed by atoms with Gasteiger partial charge in [0.1, 0.15) is 0 Å². The van der Waals surface area contributed by atoms with E-state index in [1.165, 1.54) is 11.4 Å². The zero-order valence-corrected chi connectivity index (χ0v) is 15.6. The van der Waals surface area contributed by atoms with E-state index in [2.05, 4.69) is 27.7 Å². The Balaban J connectivity index is 4.29. The SMILES string of the molecule is CCOC(=O)CCSP(=S)(OCC(C)C)OCC(C)C. The summed E-state index contributed by atoms with van der Waals surface area (Å²) in [6, 6.07) is 0. The van der Waals surface area contributed by atoms with Crippen LogP contribution in [-0.4, -0.2) is 31.5 Å². The number of esters is 1. The van der Waals surface area contributed by atoms with E-state index in [0.717, 1.165) is 0 Å². The van der Waals surface area contributed by atoms with Gasteiger partial charge in [0.05, 0.1) is 26.2 Å². The maximum atomic E-state index is 11.3. The molecule has 0 saturated carbocycles. The van der Waals surface area contributed by atoms with Crippen molar-refractivity contribution in [2.75, 3.05) is 25.6 Å². The van der Waals surface area contributed by atoms with Crippen LogP contribution in [-0.2, 0) is 30.4 Å². The molecular formula is C13H27O4PS2. The molecule has 0 amide bonds. The first-order valence-electron chi connectivity index (χ1n) is 6.98. The summed E-state index contributed by atoms with van der Waals surface area (Å²) < 4.78 is 16.5. The molecule has 0 fully saturated rings. The van der Waals surface area contributed by atoms with Gasteiger partial charge >= 0.3 is 5.97 Å². The highest BCUT2D eigenvalue weighted by atomic mass is 32.9. The molecule has 0 heterocycles. The molecule has 4 nitrogen and oxygen atoms in total. The molecule has 0 rings (SSSR count). The molecule has 0 aromatic carbocycles. The first-order valence-corrected chi connectivity index (χ1v) is 11.2. The van der Waals surface area contributed by atoms with Gasteiger partial charge in [-0.2, -0.15) is 0 Å². The highest BCUT2D eigenvalue weighted by Gasteiger charge is 2.22. The summed E-state index contributed by atoms with van der Waals surface area (Å²) >= 11 is 6.98. The van der Waals surface area contributed by atoms with Crippen LogP contribution >= 0.6 is 17.1 Å². The Hall–Kier alpha value is 0.390. The molecule has 120 valence electrons. The van der Waals surface area contributed by atoms with Gasteiger partial charge < -0.3 is 13.8 Å². The molecule has 0 aromatic rings. The summed E-state index contributed by atoms with van der Waals surface area (Å²) in [5, 5.41) is 0. The fraction of sp³-hybridized carbons (Fsp3) is 0.923. The Morgan fingerprint density at radius 3 is 2.05 bits per heavy atom. The van der Waals surface area contributed by atoms with Crippen LogP contribution in [0.4, 0.5) is 0 Å². The third-order valence-electron chi connectivity index (χ3n) is 1.99. The maximum Gasteiger partial charge on any atom is 0.306 e. The number of ether oxygens (including phenoxy) is 1. The van der Waals surface area contributed by atoms with Crippen molar-refractivity contribution in [1.29, 1.82) is 0 Å². The third kappa shape index (κ3) is 11.1. The Morgan fingerprint density at radius 2 is 1.65 bits per heavy atom. The number of hydrogen-bond donors (Lipinski definition) is 0. The molecule has 7 heteroatoms. The fourth-order valence-corrected chi connectivity index (χ4v) is 5.53. The second-order valence-electron chi connectivity index (χ2n) is 5.21. The van der Waals surface area contributed by atoms with Crippen molar-refractivity contribution in [3.63, 3.8) is 0 Å². The van der Waals surface area contributed by atoms with Gasteiger partial charge in [-0.15, -0.1) is 0 Å². The van der Waals surface area contributed by atoms with E-state index in [0.29, 0.717) is 43.8 Å². The average Bonchev–Trinajstić information content (AvgIpc) is 2.35. The zero-order valence-electron chi connectivity index (χ0n) is 13.1. The van der Waals surface area contributed by atoms with Crippen molar-refractivity contribution in [3.8, 4) is 0 Å². The van der Waals surface area contributed by atoms with Crippen molar-refractivity contribution < 1.29 is 18.6 Å². The van der Waals surface area contributed by atoms with E-state index in [9.17, 15) is 4.79 Å². The predicted octanol–water partition coefficient (Wildman–Crippen LogP) is 4.24. The van der Waals surface area contributed by atoms with Crippen LogP contribution in [0.3, 0.4) is 0 Å². The first-order chi connectivity index (χ1) is 9.29. The lowest BCUT2D eigenvalue weighted by molar-refractivity contribution is -0.142. The maximum absolute atomic E-state index is 11.3. The van der Waals surface area contributed by atoms with Crippen LogP contribution in [0.15, 0.2) is 0 Å². The minimum absolute atomic E-state index is 0.200. The number of carbonyl (C=O) groups is 1. The van der Waals surface area contributed by atoms with Crippen LogP contribution in [0.1, 0.15) is 41.0 Å². The number of carbonyl (C=O) groups excluding carboxylic acids is 1. The third-order valence-corrected chi connectivity index (χ3v) is 7.34. The molecule has 0 radical (unpaired) electrons. The van der Waals surface area contributed by atoms with Crippen LogP contribution < -0.4 is 0 Å². The molecular weight excluding hydrogens is 315 g/mol. The quantitative estimate of drug-likeness (QED) is 0.413. The lowest BCUT2D eigenvalue weighted by Gasteiger charge is -2.23. The highest BCUT2D eigenvalue weighted by Crippen LogP contribution is 2.61. The van der Waals surface area contributed by atoms with Crippen LogP contribution in [0.5, 0.6) is 0 Å². The van der Waals surface area contributed by atoms with Gasteiger partial charge in [-0.3, -0.25) is 4.79 Å². The van der Waals surface area contributed by atoms with Gasteiger partial charge in [0.25, 0.3) is 0 Å². The average molecular weight is 342 g/mol. The molecule has 0 aliphatic rings. The Morgan fingerprint density at radius 1 is 1.15 bits per heavy atom. The van der Waals surface area contributed by atoms with Gasteiger partial charge in [0.2, 0.25) is 5.69 Å². The lowest BCUT2D eigenvalue weighted by Crippen LogP contribution is -2.07. The molecule has 0 N–H and O–H groups in total. The molecule has 0 aromatic heterocycles. The van der Waals surface area contributed by atoms with Gasteiger partial charge in [-0.25, -0.2) is 0 Å². The van der Waals surface area contributed by atoms with Crippen molar-refractivity contribution in [3.05, 3.63) is 0 Å². The van der Waals surface area contributed by atoms with Crippen molar-refractivity contribution in [2.45, 2.75) is 41.0 Å². The van der Waals surface area contributed by atoms with Gasteiger partial charge in [-0.05, 0) is 30.6 Å².